The molecule has 8 nitrogen and oxygen atoms in total. The summed E-state index contributed by atoms with van der Waals surface area (Å²) in [4.78, 5) is 26.9. The van der Waals surface area contributed by atoms with E-state index in [-0.39, 0.29) is 23.6 Å². The summed E-state index contributed by atoms with van der Waals surface area (Å²) in [6, 6.07) is 7.51. The Morgan fingerprint density at radius 3 is 2.72 bits per heavy atom. The Labute approximate surface area is 184 Å². The van der Waals surface area contributed by atoms with Gasteiger partial charge in [-0.05, 0) is 44.9 Å². The molecule has 4 heterocycles. The number of nitrogens with zero attached hydrogens (tertiary/aromatic N) is 3. The van der Waals surface area contributed by atoms with E-state index in [1.807, 2.05) is 30.9 Å². The molecule has 3 aromatic heterocycles. The van der Waals surface area contributed by atoms with Gasteiger partial charge in [-0.2, -0.15) is 5.10 Å². The van der Waals surface area contributed by atoms with Crippen LogP contribution in [0.15, 0.2) is 41.1 Å². The van der Waals surface area contributed by atoms with Gasteiger partial charge in [-0.3, -0.25) is 9.59 Å². The molecule has 0 spiro atoms. The van der Waals surface area contributed by atoms with E-state index in [1.54, 1.807) is 36.1 Å². The number of furan rings is 1. The van der Waals surface area contributed by atoms with Crippen molar-refractivity contribution in [3.8, 4) is 11.5 Å². The summed E-state index contributed by atoms with van der Waals surface area (Å²) < 4.78 is 13.6. The van der Waals surface area contributed by atoms with Crippen LogP contribution in [0.1, 0.15) is 45.4 Å². The average molecular weight is 432 g/mol. The lowest BCUT2D eigenvalue weighted by molar-refractivity contribution is 0.0501. The van der Waals surface area contributed by atoms with Gasteiger partial charge in [0.05, 0.1) is 11.8 Å². The number of fused-ring (bicyclic) bond motifs is 2. The number of ether oxygens (including phenoxy) is 1. The standard InChI is InChI=1S/C24H24N4O4/c1-13-8-10-27(13)24(30)18-12-28-21(14(18)2)19(7-9-26-28)31-16-5-6-17-15(3)22(23(29)25-4)32-20(17)11-16/h5-7,9,11-13H,8,10H2,1-4H3,(H,25,29). The van der Waals surface area contributed by atoms with Crippen LogP contribution in [0.25, 0.3) is 16.5 Å². The lowest BCUT2D eigenvalue weighted by Crippen LogP contribution is -2.49. The molecular weight excluding hydrogens is 408 g/mol. The van der Waals surface area contributed by atoms with Crippen molar-refractivity contribution >= 4 is 28.3 Å². The SMILES string of the molecule is CNC(=O)c1oc2cc(Oc3ccnn4cc(C(=O)N5CCC5C)c(C)c34)ccc2c1C. The molecule has 5 rings (SSSR count). The number of aryl methyl sites for hydroxylation is 2. The molecule has 1 N–H and O–H groups in total. The fourth-order valence-corrected chi connectivity index (χ4v) is 4.22. The Balaban J connectivity index is 1.52. The first-order valence-electron chi connectivity index (χ1n) is 10.6. The Bertz CT molecular complexity index is 1380. The third-order valence-electron chi connectivity index (χ3n) is 6.27. The summed E-state index contributed by atoms with van der Waals surface area (Å²) in [6.07, 6.45) is 4.43. The summed E-state index contributed by atoms with van der Waals surface area (Å²) in [5.74, 6) is 1.19. The highest BCUT2D eigenvalue weighted by Crippen LogP contribution is 2.34. The summed E-state index contributed by atoms with van der Waals surface area (Å²) in [6.45, 7) is 6.60. The minimum absolute atomic E-state index is 0.0203. The van der Waals surface area contributed by atoms with Crippen LogP contribution in [0.5, 0.6) is 11.5 Å². The molecule has 0 bridgehead atoms. The summed E-state index contributed by atoms with van der Waals surface area (Å²) >= 11 is 0. The Kier molecular flexibility index (Phi) is 4.65. The molecule has 1 unspecified atom stereocenters. The van der Waals surface area contributed by atoms with Gasteiger partial charge in [0.2, 0.25) is 0 Å². The third-order valence-corrected chi connectivity index (χ3v) is 6.27. The zero-order valence-corrected chi connectivity index (χ0v) is 18.4. The van der Waals surface area contributed by atoms with Crippen molar-refractivity contribution in [3.63, 3.8) is 0 Å². The molecule has 0 radical (unpaired) electrons. The highest BCUT2D eigenvalue weighted by molar-refractivity contribution is 6.00. The molecule has 1 atom stereocenters. The molecule has 1 saturated heterocycles. The van der Waals surface area contributed by atoms with Crippen molar-refractivity contribution in [3.05, 3.63) is 59.1 Å². The topological polar surface area (TPSA) is 89.1 Å². The smallest absolute Gasteiger partial charge is 0.287 e. The second kappa shape index (κ2) is 7.40. The Hall–Kier alpha value is -3.81. The number of benzene rings is 1. The van der Waals surface area contributed by atoms with Gasteiger partial charge in [0.1, 0.15) is 16.8 Å². The van der Waals surface area contributed by atoms with Crippen LogP contribution >= 0.6 is 0 Å². The number of nitrogens with one attached hydrogen (secondary N) is 1. The largest absolute Gasteiger partial charge is 0.455 e. The predicted molar refractivity (Wildman–Crippen MR) is 119 cm³/mol. The Morgan fingerprint density at radius 1 is 1.22 bits per heavy atom. The highest BCUT2D eigenvalue weighted by atomic mass is 16.5. The zero-order valence-electron chi connectivity index (χ0n) is 18.4. The number of amides is 2. The zero-order chi connectivity index (χ0) is 22.6. The maximum atomic E-state index is 13.0. The predicted octanol–water partition coefficient (Wildman–Crippen LogP) is 4.08. The lowest BCUT2D eigenvalue weighted by Gasteiger charge is -2.38. The van der Waals surface area contributed by atoms with E-state index in [2.05, 4.69) is 17.3 Å². The van der Waals surface area contributed by atoms with Crippen LogP contribution in [0.4, 0.5) is 0 Å². The normalized spacial score (nSPS) is 15.8. The lowest BCUT2D eigenvalue weighted by atomic mass is 10.0. The molecule has 1 aliphatic rings. The van der Waals surface area contributed by atoms with Crippen molar-refractivity contribution in [2.75, 3.05) is 13.6 Å². The average Bonchev–Trinajstić information content (AvgIpc) is 3.29. The van der Waals surface area contributed by atoms with Crippen LogP contribution in [-0.2, 0) is 0 Å². The van der Waals surface area contributed by atoms with Gasteiger partial charge in [-0.25, -0.2) is 4.52 Å². The van der Waals surface area contributed by atoms with E-state index < -0.39 is 0 Å². The molecule has 2 amide bonds. The van der Waals surface area contributed by atoms with Gasteiger partial charge in [0.15, 0.2) is 11.5 Å². The monoisotopic (exact) mass is 432 g/mol. The van der Waals surface area contributed by atoms with E-state index in [0.29, 0.717) is 22.6 Å². The first-order valence-corrected chi connectivity index (χ1v) is 10.6. The van der Waals surface area contributed by atoms with Crippen LogP contribution in [-0.4, -0.2) is 46.0 Å². The maximum Gasteiger partial charge on any atom is 0.287 e. The number of aromatic nitrogens is 2. The first kappa shape index (κ1) is 20.1. The molecule has 8 heteroatoms. The molecule has 0 aliphatic carbocycles. The van der Waals surface area contributed by atoms with Crippen molar-refractivity contribution in [1.29, 1.82) is 0 Å². The minimum atomic E-state index is -0.269. The molecule has 32 heavy (non-hydrogen) atoms. The van der Waals surface area contributed by atoms with Gasteiger partial charge in [-0.1, -0.05) is 0 Å². The molecular formula is C24H24N4O4. The maximum absolute atomic E-state index is 13.0. The van der Waals surface area contributed by atoms with E-state index >= 15 is 0 Å². The van der Waals surface area contributed by atoms with Crippen molar-refractivity contribution in [2.45, 2.75) is 33.2 Å². The van der Waals surface area contributed by atoms with Crippen LogP contribution in [0.3, 0.4) is 0 Å². The van der Waals surface area contributed by atoms with Gasteiger partial charge < -0.3 is 19.4 Å². The number of hydrogen-bond donors (Lipinski definition) is 1. The second-order valence-electron chi connectivity index (χ2n) is 8.19. The fraction of sp³-hybridized carbons (Fsp3) is 0.292. The third kappa shape index (κ3) is 3.02. The molecule has 1 fully saturated rings. The van der Waals surface area contributed by atoms with Gasteiger partial charge in [0.25, 0.3) is 11.8 Å². The molecule has 1 aromatic carbocycles. The molecule has 164 valence electrons. The van der Waals surface area contributed by atoms with E-state index in [4.69, 9.17) is 9.15 Å². The van der Waals surface area contributed by atoms with E-state index in [9.17, 15) is 9.59 Å². The first-order chi connectivity index (χ1) is 15.4. The van der Waals surface area contributed by atoms with Crippen LogP contribution < -0.4 is 10.1 Å². The van der Waals surface area contributed by atoms with Crippen molar-refractivity contribution in [1.82, 2.24) is 19.8 Å². The molecule has 1 aliphatic heterocycles. The number of carbonyl (C=O) groups is 2. The van der Waals surface area contributed by atoms with Crippen LogP contribution in [0, 0.1) is 13.8 Å². The minimum Gasteiger partial charge on any atom is -0.455 e. The quantitative estimate of drug-likeness (QED) is 0.525. The fourth-order valence-electron chi connectivity index (χ4n) is 4.22. The van der Waals surface area contributed by atoms with E-state index in [1.165, 1.54) is 0 Å². The van der Waals surface area contributed by atoms with Crippen LogP contribution in [0.2, 0.25) is 0 Å². The van der Waals surface area contributed by atoms with E-state index in [0.717, 1.165) is 35.0 Å². The van der Waals surface area contributed by atoms with Gasteiger partial charge in [0, 0.05) is 48.9 Å². The summed E-state index contributed by atoms with van der Waals surface area (Å²) in [5, 5.41) is 7.81. The Morgan fingerprint density at radius 2 is 2.03 bits per heavy atom. The van der Waals surface area contributed by atoms with Gasteiger partial charge >= 0.3 is 0 Å². The van der Waals surface area contributed by atoms with Gasteiger partial charge in [-0.15, -0.1) is 0 Å². The van der Waals surface area contributed by atoms with Crippen molar-refractivity contribution in [2.24, 2.45) is 0 Å². The number of likely N-dealkylation sites (tertiary alicyclic amines) is 1. The van der Waals surface area contributed by atoms with Crippen molar-refractivity contribution < 1.29 is 18.7 Å². The number of rotatable bonds is 4. The number of carbonyl (C=O) groups excluding carboxylic acids is 2. The molecule has 0 saturated carbocycles. The second-order valence-corrected chi connectivity index (χ2v) is 8.19. The highest BCUT2D eigenvalue weighted by Gasteiger charge is 2.31. The summed E-state index contributed by atoms with van der Waals surface area (Å²) in [7, 11) is 1.57. The number of hydrogen-bond acceptors (Lipinski definition) is 5. The summed E-state index contributed by atoms with van der Waals surface area (Å²) in [5.41, 5.74) is 3.55. The molecule has 4 aromatic rings.